The highest BCUT2D eigenvalue weighted by Gasteiger charge is 2.24. The third-order valence-electron chi connectivity index (χ3n) is 3.13. The monoisotopic (exact) mass is 312 g/mol. The first-order valence-corrected chi connectivity index (χ1v) is 7.01. The third kappa shape index (κ3) is 2.80. The van der Waals surface area contributed by atoms with Crippen LogP contribution in [0.3, 0.4) is 0 Å². The van der Waals surface area contributed by atoms with Gasteiger partial charge < -0.3 is 4.74 Å². The van der Waals surface area contributed by atoms with Gasteiger partial charge in [0.1, 0.15) is 17.2 Å². The lowest BCUT2D eigenvalue weighted by atomic mass is 10.2. The summed E-state index contributed by atoms with van der Waals surface area (Å²) in [6, 6.07) is 11.3. The molecule has 0 fully saturated rings. The minimum absolute atomic E-state index is 0.00574. The maximum Gasteiger partial charge on any atom is 0.361 e. The van der Waals surface area contributed by atoms with E-state index in [4.69, 9.17) is 4.74 Å². The molecule has 0 aliphatic carbocycles. The van der Waals surface area contributed by atoms with Crippen LogP contribution in [0.15, 0.2) is 48.7 Å². The van der Waals surface area contributed by atoms with Gasteiger partial charge >= 0.3 is 5.97 Å². The van der Waals surface area contributed by atoms with Crippen molar-refractivity contribution in [3.63, 3.8) is 0 Å². The van der Waals surface area contributed by atoms with Crippen molar-refractivity contribution in [1.29, 1.82) is 0 Å². The molecule has 0 spiro atoms. The standard InChI is InChI=1S/C16H13FN4O2/c1-2-23-16(22)14-15(12-8-5-6-10-18-12)21(20-19-14)13-9-4-3-7-11(13)17/h3-10H,2H2,1H3. The molecule has 0 aliphatic heterocycles. The molecule has 0 atom stereocenters. The number of para-hydroxylation sites is 1. The Kier molecular flexibility index (Phi) is 4.09. The van der Waals surface area contributed by atoms with Crippen LogP contribution in [0.25, 0.3) is 17.1 Å². The van der Waals surface area contributed by atoms with Crippen LogP contribution in [-0.4, -0.2) is 32.6 Å². The Morgan fingerprint density at radius 1 is 1.22 bits per heavy atom. The summed E-state index contributed by atoms with van der Waals surface area (Å²) < 4.78 is 20.4. The SMILES string of the molecule is CCOC(=O)c1nnn(-c2ccccc2F)c1-c1ccccn1. The van der Waals surface area contributed by atoms with Crippen LogP contribution in [0.4, 0.5) is 4.39 Å². The highest BCUT2D eigenvalue weighted by Crippen LogP contribution is 2.25. The van der Waals surface area contributed by atoms with E-state index < -0.39 is 11.8 Å². The molecule has 2 heterocycles. The van der Waals surface area contributed by atoms with Crippen molar-refractivity contribution in [2.75, 3.05) is 6.61 Å². The van der Waals surface area contributed by atoms with Gasteiger partial charge in [0.25, 0.3) is 0 Å². The van der Waals surface area contributed by atoms with Gasteiger partial charge in [-0.05, 0) is 31.2 Å². The Bertz CT molecular complexity index is 833. The fraction of sp³-hybridized carbons (Fsp3) is 0.125. The minimum Gasteiger partial charge on any atom is -0.461 e. The lowest BCUT2D eigenvalue weighted by Crippen LogP contribution is -2.09. The summed E-state index contributed by atoms with van der Waals surface area (Å²) in [7, 11) is 0. The highest BCUT2D eigenvalue weighted by atomic mass is 19.1. The average Bonchev–Trinajstić information content (AvgIpc) is 3.01. The molecule has 0 unspecified atom stereocenters. The minimum atomic E-state index is -0.629. The van der Waals surface area contributed by atoms with E-state index in [1.54, 1.807) is 49.5 Å². The van der Waals surface area contributed by atoms with Crippen LogP contribution in [-0.2, 0) is 4.74 Å². The third-order valence-corrected chi connectivity index (χ3v) is 3.13. The summed E-state index contributed by atoms with van der Waals surface area (Å²) in [5.74, 6) is -1.11. The zero-order chi connectivity index (χ0) is 16.2. The van der Waals surface area contributed by atoms with Crippen molar-refractivity contribution >= 4 is 5.97 Å². The molecule has 2 aromatic heterocycles. The maximum atomic E-state index is 14.1. The van der Waals surface area contributed by atoms with Crippen LogP contribution in [0.1, 0.15) is 17.4 Å². The predicted molar refractivity (Wildman–Crippen MR) is 80.5 cm³/mol. The molecule has 0 amide bonds. The average molecular weight is 312 g/mol. The Hall–Kier alpha value is -3.09. The molecule has 3 aromatic rings. The second-order valence-electron chi connectivity index (χ2n) is 4.59. The van der Waals surface area contributed by atoms with E-state index in [0.717, 1.165) is 0 Å². The molecule has 7 heteroatoms. The predicted octanol–water partition coefficient (Wildman–Crippen LogP) is 2.65. The number of nitrogens with zero attached hydrogens (tertiary/aromatic N) is 4. The van der Waals surface area contributed by atoms with Crippen LogP contribution < -0.4 is 0 Å². The van der Waals surface area contributed by atoms with E-state index in [-0.39, 0.29) is 23.7 Å². The quantitative estimate of drug-likeness (QED) is 0.693. The van der Waals surface area contributed by atoms with Gasteiger partial charge in [0.15, 0.2) is 0 Å². The van der Waals surface area contributed by atoms with Crippen molar-refractivity contribution in [1.82, 2.24) is 20.0 Å². The van der Waals surface area contributed by atoms with Crippen LogP contribution in [0, 0.1) is 5.82 Å². The fourth-order valence-corrected chi connectivity index (χ4v) is 2.14. The Morgan fingerprint density at radius 2 is 2.00 bits per heavy atom. The van der Waals surface area contributed by atoms with Crippen molar-refractivity contribution in [3.05, 3.63) is 60.2 Å². The van der Waals surface area contributed by atoms with Crippen molar-refractivity contribution in [3.8, 4) is 17.1 Å². The van der Waals surface area contributed by atoms with Crippen molar-refractivity contribution in [2.24, 2.45) is 0 Å². The second-order valence-corrected chi connectivity index (χ2v) is 4.59. The molecule has 0 saturated heterocycles. The molecule has 0 aliphatic rings. The zero-order valence-corrected chi connectivity index (χ0v) is 12.3. The second kappa shape index (κ2) is 6.35. The first-order valence-electron chi connectivity index (χ1n) is 7.01. The number of carbonyl (C=O) groups is 1. The van der Waals surface area contributed by atoms with Gasteiger partial charge in [-0.25, -0.2) is 13.9 Å². The lowest BCUT2D eigenvalue weighted by molar-refractivity contribution is 0.0520. The summed E-state index contributed by atoms with van der Waals surface area (Å²) in [4.78, 5) is 16.3. The number of carbonyl (C=O) groups excluding carboxylic acids is 1. The number of pyridine rings is 1. The molecule has 23 heavy (non-hydrogen) atoms. The molecule has 0 saturated carbocycles. The molecule has 0 radical (unpaired) electrons. The van der Waals surface area contributed by atoms with Gasteiger partial charge in [-0.3, -0.25) is 4.98 Å². The van der Waals surface area contributed by atoms with E-state index in [2.05, 4.69) is 15.3 Å². The fourth-order valence-electron chi connectivity index (χ4n) is 2.14. The van der Waals surface area contributed by atoms with Gasteiger partial charge in [-0.15, -0.1) is 5.10 Å². The molecule has 6 nitrogen and oxygen atoms in total. The summed E-state index contributed by atoms with van der Waals surface area (Å²) in [6.07, 6.45) is 1.57. The molecule has 0 bridgehead atoms. The van der Waals surface area contributed by atoms with Crippen molar-refractivity contribution < 1.29 is 13.9 Å². The largest absolute Gasteiger partial charge is 0.461 e. The molecular weight excluding hydrogens is 299 g/mol. The normalized spacial score (nSPS) is 10.5. The first kappa shape index (κ1) is 14.8. The Labute approximate surface area is 131 Å². The number of esters is 1. The molecule has 3 rings (SSSR count). The van der Waals surface area contributed by atoms with Gasteiger partial charge in [0.05, 0.1) is 12.3 Å². The highest BCUT2D eigenvalue weighted by molar-refractivity contribution is 5.93. The van der Waals surface area contributed by atoms with E-state index in [1.807, 2.05) is 0 Å². The van der Waals surface area contributed by atoms with E-state index in [0.29, 0.717) is 5.69 Å². The molecule has 116 valence electrons. The van der Waals surface area contributed by atoms with Crippen molar-refractivity contribution in [2.45, 2.75) is 6.92 Å². The molecule has 1 aromatic carbocycles. The number of ether oxygens (including phenoxy) is 1. The molecular formula is C16H13FN4O2. The van der Waals surface area contributed by atoms with Crippen LogP contribution >= 0.6 is 0 Å². The zero-order valence-electron chi connectivity index (χ0n) is 12.3. The lowest BCUT2D eigenvalue weighted by Gasteiger charge is -2.08. The van der Waals surface area contributed by atoms with E-state index >= 15 is 0 Å². The topological polar surface area (TPSA) is 69.9 Å². The Morgan fingerprint density at radius 3 is 2.70 bits per heavy atom. The van der Waals surface area contributed by atoms with Gasteiger partial charge in [0, 0.05) is 6.20 Å². The summed E-state index contributed by atoms with van der Waals surface area (Å²) in [5.41, 5.74) is 0.906. The van der Waals surface area contributed by atoms with Gasteiger partial charge in [-0.1, -0.05) is 23.4 Å². The summed E-state index contributed by atoms with van der Waals surface area (Å²) in [5, 5.41) is 7.77. The number of hydrogen-bond acceptors (Lipinski definition) is 5. The Balaban J connectivity index is 2.22. The van der Waals surface area contributed by atoms with E-state index in [9.17, 15) is 9.18 Å². The smallest absolute Gasteiger partial charge is 0.361 e. The van der Waals surface area contributed by atoms with Crippen LogP contribution in [0.5, 0.6) is 0 Å². The number of halogens is 1. The number of benzene rings is 1. The number of hydrogen-bond donors (Lipinski definition) is 0. The summed E-state index contributed by atoms with van der Waals surface area (Å²) >= 11 is 0. The number of aromatic nitrogens is 4. The first-order chi connectivity index (χ1) is 11.2. The van der Waals surface area contributed by atoms with Gasteiger partial charge in [0.2, 0.25) is 5.69 Å². The van der Waals surface area contributed by atoms with E-state index in [1.165, 1.54) is 10.7 Å². The van der Waals surface area contributed by atoms with Crippen LogP contribution in [0.2, 0.25) is 0 Å². The maximum absolute atomic E-state index is 14.1. The number of rotatable bonds is 4. The molecule has 0 N–H and O–H groups in total. The van der Waals surface area contributed by atoms with Gasteiger partial charge in [-0.2, -0.15) is 0 Å². The summed E-state index contributed by atoms with van der Waals surface area (Å²) in [6.45, 7) is 1.90.